The third-order valence-electron chi connectivity index (χ3n) is 3.08. The van der Waals surface area contributed by atoms with Crippen molar-refractivity contribution in [2.24, 2.45) is 0 Å². The van der Waals surface area contributed by atoms with E-state index in [1.807, 2.05) is 5.01 Å². The topological polar surface area (TPSA) is 87.6 Å². The Morgan fingerprint density at radius 1 is 1.22 bits per heavy atom. The first-order valence-electron chi connectivity index (χ1n) is 5.96. The van der Waals surface area contributed by atoms with Crippen LogP contribution >= 0.6 is 0 Å². The van der Waals surface area contributed by atoms with Crippen LogP contribution in [0.4, 0.5) is 11.4 Å². The molecule has 1 aromatic carbocycles. The summed E-state index contributed by atoms with van der Waals surface area (Å²) in [5.41, 5.74) is 15.7. The van der Waals surface area contributed by atoms with Crippen molar-refractivity contribution in [3.8, 4) is 0 Å². The van der Waals surface area contributed by atoms with Gasteiger partial charge in [-0.1, -0.05) is 0 Å². The number of amides is 1. The molecule has 1 amide bonds. The van der Waals surface area contributed by atoms with Crippen LogP contribution < -0.4 is 16.9 Å². The highest BCUT2D eigenvalue weighted by molar-refractivity contribution is 5.99. The zero-order valence-electron chi connectivity index (χ0n) is 10.5. The summed E-state index contributed by atoms with van der Waals surface area (Å²) in [5.74, 6) is -0.183. The monoisotopic (exact) mass is 249 g/mol. The van der Waals surface area contributed by atoms with E-state index in [1.54, 1.807) is 18.2 Å². The Hall–Kier alpha value is -1.79. The lowest BCUT2D eigenvalue weighted by Crippen LogP contribution is -2.52. The highest BCUT2D eigenvalue weighted by atomic mass is 16.2. The van der Waals surface area contributed by atoms with Gasteiger partial charge in [0.1, 0.15) is 0 Å². The molecule has 0 unspecified atom stereocenters. The molecule has 0 aromatic heterocycles. The Bertz CT molecular complexity index is 440. The highest BCUT2D eigenvalue weighted by Gasteiger charge is 2.17. The fourth-order valence-electron chi connectivity index (χ4n) is 1.91. The number of rotatable bonds is 2. The van der Waals surface area contributed by atoms with Gasteiger partial charge in [0.05, 0.1) is 5.56 Å². The molecule has 6 nitrogen and oxygen atoms in total. The number of nitrogens with two attached hydrogens (primary N) is 2. The van der Waals surface area contributed by atoms with Crippen molar-refractivity contribution in [2.45, 2.75) is 0 Å². The van der Waals surface area contributed by atoms with Crippen LogP contribution in [-0.4, -0.2) is 49.0 Å². The van der Waals surface area contributed by atoms with E-state index in [1.165, 1.54) is 0 Å². The van der Waals surface area contributed by atoms with Crippen molar-refractivity contribution in [3.63, 3.8) is 0 Å². The number of hydrazine groups is 1. The van der Waals surface area contributed by atoms with E-state index in [2.05, 4.69) is 17.4 Å². The molecule has 0 aliphatic carbocycles. The third kappa shape index (κ3) is 2.91. The van der Waals surface area contributed by atoms with E-state index < -0.39 is 0 Å². The molecule has 1 aromatic rings. The van der Waals surface area contributed by atoms with Crippen LogP contribution in [0.15, 0.2) is 18.2 Å². The maximum atomic E-state index is 12.0. The summed E-state index contributed by atoms with van der Waals surface area (Å²) < 4.78 is 0. The maximum absolute atomic E-state index is 12.0. The van der Waals surface area contributed by atoms with Gasteiger partial charge in [-0.3, -0.25) is 10.2 Å². The van der Waals surface area contributed by atoms with E-state index in [9.17, 15) is 4.79 Å². The van der Waals surface area contributed by atoms with Crippen molar-refractivity contribution in [1.29, 1.82) is 0 Å². The Balaban J connectivity index is 1.99. The molecule has 1 fully saturated rings. The number of anilines is 2. The van der Waals surface area contributed by atoms with Crippen molar-refractivity contribution < 1.29 is 4.79 Å². The molecule has 6 heteroatoms. The van der Waals surface area contributed by atoms with Crippen LogP contribution in [0.5, 0.6) is 0 Å². The minimum absolute atomic E-state index is 0.183. The molecule has 5 N–H and O–H groups in total. The lowest BCUT2D eigenvalue weighted by Gasteiger charge is -2.32. The number of likely N-dealkylation sites (N-methyl/N-ethyl adjacent to an activating group) is 1. The molecular weight excluding hydrogens is 230 g/mol. The number of nitrogen functional groups attached to an aromatic ring is 2. The van der Waals surface area contributed by atoms with Crippen LogP contribution in [0.1, 0.15) is 10.4 Å². The van der Waals surface area contributed by atoms with Gasteiger partial charge < -0.3 is 16.4 Å². The summed E-state index contributed by atoms with van der Waals surface area (Å²) in [5, 5.41) is 1.91. The first-order chi connectivity index (χ1) is 8.56. The van der Waals surface area contributed by atoms with Crippen molar-refractivity contribution in [2.75, 3.05) is 44.7 Å². The van der Waals surface area contributed by atoms with E-state index in [4.69, 9.17) is 11.5 Å². The van der Waals surface area contributed by atoms with Gasteiger partial charge in [0, 0.05) is 37.6 Å². The van der Waals surface area contributed by atoms with E-state index >= 15 is 0 Å². The average Bonchev–Trinajstić information content (AvgIpc) is 2.32. The van der Waals surface area contributed by atoms with Gasteiger partial charge >= 0.3 is 0 Å². The fraction of sp³-hybridized carbons (Fsp3) is 0.417. The SMILES string of the molecule is CN1CCN(NC(=O)c2ccc(N)cc2N)CC1. The van der Waals surface area contributed by atoms with E-state index in [0.29, 0.717) is 16.9 Å². The van der Waals surface area contributed by atoms with Gasteiger partial charge in [-0.05, 0) is 25.2 Å². The second kappa shape index (κ2) is 5.24. The standard InChI is InChI=1S/C12H19N5O/c1-16-4-6-17(7-5-16)15-12(18)10-3-2-9(13)8-11(10)14/h2-3,8H,4-7,13-14H2,1H3,(H,15,18). The van der Waals surface area contributed by atoms with Gasteiger partial charge in [-0.25, -0.2) is 5.01 Å². The number of piperazine rings is 1. The highest BCUT2D eigenvalue weighted by Crippen LogP contribution is 2.15. The molecule has 1 heterocycles. The molecule has 1 aliphatic heterocycles. The average molecular weight is 249 g/mol. The van der Waals surface area contributed by atoms with Crippen LogP contribution in [-0.2, 0) is 0 Å². The summed E-state index contributed by atoms with van der Waals surface area (Å²) in [6.45, 7) is 3.52. The first-order valence-corrected chi connectivity index (χ1v) is 5.96. The minimum atomic E-state index is -0.183. The second-order valence-electron chi connectivity index (χ2n) is 4.58. The van der Waals surface area contributed by atoms with Gasteiger partial charge in [0.25, 0.3) is 5.91 Å². The quantitative estimate of drug-likeness (QED) is 0.629. The van der Waals surface area contributed by atoms with Gasteiger partial charge in [0.15, 0.2) is 0 Å². The maximum Gasteiger partial charge on any atom is 0.267 e. The van der Waals surface area contributed by atoms with Gasteiger partial charge in [0.2, 0.25) is 0 Å². The predicted octanol–water partition coefficient (Wildman–Crippen LogP) is -0.257. The number of nitrogens with one attached hydrogen (secondary N) is 1. The molecule has 2 rings (SSSR count). The fourth-order valence-corrected chi connectivity index (χ4v) is 1.91. The lowest BCUT2D eigenvalue weighted by molar-refractivity contribution is 0.0663. The van der Waals surface area contributed by atoms with Crippen LogP contribution in [0.3, 0.4) is 0 Å². The molecule has 0 saturated carbocycles. The van der Waals surface area contributed by atoms with Crippen LogP contribution in [0.2, 0.25) is 0 Å². The number of hydrogen-bond donors (Lipinski definition) is 3. The molecule has 1 aliphatic rings. The molecule has 0 atom stereocenters. The zero-order valence-corrected chi connectivity index (χ0v) is 10.5. The van der Waals surface area contributed by atoms with E-state index in [-0.39, 0.29) is 5.91 Å². The molecule has 0 radical (unpaired) electrons. The number of carbonyl (C=O) groups is 1. The third-order valence-corrected chi connectivity index (χ3v) is 3.08. The number of carbonyl (C=O) groups excluding carboxylic acids is 1. The largest absolute Gasteiger partial charge is 0.399 e. The smallest absolute Gasteiger partial charge is 0.267 e. The Morgan fingerprint density at radius 2 is 1.89 bits per heavy atom. The van der Waals surface area contributed by atoms with Crippen LogP contribution in [0, 0.1) is 0 Å². The van der Waals surface area contributed by atoms with Crippen LogP contribution in [0.25, 0.3) is 0 Å². The minimum Gasteiger partial charge on any atom is -0.399 e. The summed E-state index contributed by atoms with van der Waals surface area (Å²) in [7, 11) is 2.07. The Kier molecular flexibility index (Phi) is 3.69. The second-order valence-corrected chi connectivity index (χ2v) is 4.58. The van der Waals surface area contributed by atoms with Gasteiger partial charge in [-0.15, -0.1) is 0 Å². The predicted molar refractivity (Wildman–Crippen MR) is 71.8 cm³/mol. The summed E-state index contributed by atoms with van der Waals surface area (Å²) in [4.78, 5) is 14.3. The molecular formula is C12H19N5O. The number of benzene rings is 1. The van der Waals surface area contributed by atoms with E-state index in [0.717, 1.165) is 26.2 Å². The molecule has 1 saturated heterocycles. The normalized spacial score (nSPS) is 17.6. The molecule has 0 bridgehead atoms. The Morgan fingerprint density at radius 3 is 2.50 bits per heavy atom. The lowest BCUT2D eigenvalue weighted by atomic mass is 10.1. The van der Waals surface area contributed by atoms with Crippen molar-refractivity contribution >= 4 is 17.3 Å². The summed E-state index contributed by atoms with van der Waals surface area (Å²) in [6, 6.07) is 4.92. The summed E-state index contributed by atoms with van der Waals surface area (Å²) >= 11 is 0. The first kappa shape index (κ1) is 12.7. The molecule has 18 heavy (non-hydrogen) atoms. The zero-order chi connectivity index (χ0) is 13.1. The summed E-state index contributed by atoms with van der Waals surface area (Å²) in [6.07, 6.45) is 0. The Labute approximate surface area is 106 Å². The van der Waals surface area contributed by atoms with Crippen molar-refractivity contribution in [1.82, 2.24) is 15.3 Å². The number of nitrogens with zero attached hydrogens (tertiary/aromatic N) is 2. The van der Waals surface area contributed by atoms with Crippen molar-refractivity contribution in [3.05, 3.63) is 23.8 Å². The number of hydrogen-bond acceptors (Lipinski definition) is 5. The molecule has 98 valence electrons. The molecule has 0 spiro atoms. The van der Waals surface area contributed by atoms with Gasteiger partial charge in [-0.2, -0.15) is 0 Å².